The van der Waals surface area contributed by atoms with Crippen LogP contribution in [0.4, 0.5) is 4.79 Å². The van der Waals surface area contributed by atoms with Gasteiger partial charge in [-0.3, -0.25) is 9.48 Å². The summed E-state index contributed by atoms with van der Waals surface area (Å²) >= 11 is 0. The highest BCUT2D eigenvalue weighted by Gasteiger charge is 2.24. The highest BCUT2D eigenvalue weighted by molar-refractivity contribution is 5.91. The number of nitrogens with one attached hydrogen (secondary N) is 1. The second-order valence-corrected chi connectivity index (χ2v) is 6.35. The van der Waals surface area contributed by atoms with E-state index in [4.69, 9.17) is 4.74 Å². The number of amides is 1. The van der Waals surface area contributed by atoms with Gasteiger partial charge in [0.05, 0.1) is 6.20 Å². The van der Waals surface area contributed by atoms with E-state index in [0.717, 1.165) is 18.5 Å². The molecule has 0 bridgehead atoms. The summed E-state index contributed by atoms with van der Waals surface area (Å²) < 4.78 is 7.06. The third kappa shape index (κ3) is 6.04. The van der Waals surface area contributed by atoms with Crippen LogP contribution in [0.15, 0.2) is 36.5 Å². The summed E-state index contributed by atoms with van der Waals surface area (Å²) in [5.41, 5.74) is 1.34. The molecule has 2 heterocycles. The zero-order chi connectivity index (χ0) is 18.4. The predicted molar refractivity (Wildman–Crippen MR) is 102 cm³/mol. The number of halogens is 1. The number of piperazine rings is 1. The van der Waals surface area contributed by atoms with Gasteiger partial charge in [0.2, 0.25) is 0 Å². The summed E-state index contributed by atoms with van der Waals surface area (Å²) in [4.78, 5) is 25.3. The van der Waals surface area contributed by atoms with Gasteiger partial charge in [-0.05, 0) is 12.0 Å². The third-order valence-electron chi connectivity index (χ3n) is 4.32. The van der Waals surface area contributed by atoms with Crippen molar-refractivity contribution in [1.82, 2.24) is 25.2 Å². The second kappa shape index (κ2) is 10.0. The van der Waals surface area contributed by atoms with Gasteiger partial charge in [-0.1, -0.05) is 35.5 Å². The molecule has 0 radical (unpaired) electrons. The van der Waals surface area contributed by atoms with Crippen LogP contribution in [0, 0.1) is 0 Å². The van der Waals surface area contributed by atoms with Gasteiger partial charge in [0, 0.05) is 39.1 Å². The lowest BCUT2D eigenvalue weighted by Gasteiger charge is -2.33. The van der Waals surface area contributed by atoms with E-state index in [1.165, 1.54) is 6.92 Å². The summed E-state index contributed by atoms with van der Waals surface area (Å²) in [7, 11) is 0. The SMILES string of the molecule is CC(=O)c1cn(CC[C@@H]2CN(C(=O)OCc3ccccc3)CCN2)nn1.Cl. The van der Waals surface area contributed by atoms with Gasteiger partial charge in [0.1, 0.15) is 12.3 Å². The average Bonchev–Trinajstić information content (AvgIpc) is 3.15. The summed E-state index contributed by atoms with van der Waals surface area (Å²) in [6.45, 7) is 4.31. The van der Waals surface area contributed by atoms with Crippen molar-refractivity contribution in [3.8, 4) is 0 Å². The van der Waals surface area contributed by atoms with Crippen molar-refractivity contribution in [1.29, 1.82) is 0 Å². The fraction of sp³-hybridized carbons (Fsp3) is 0.444. The van der Waals surface area contributed by atoms with Crippen LogP contribution in [0.2, 0.25) is 0 Å². The Bertz CT molecular complexity index is 752. The van der Waals surface area contributed by atoms with E-state index in [9.17, 15) is 9.59 Å². The maximum Gasteiger partial charge on any atom is 0.410 e. The highest BCUT2D eigenvalue weighted by atomic mass is 35.5. The van der Waals surface area contributed by atoms with E-state index in [1.54, 1.807) is 15.8 Å². The maximum atomic E-state index is 12.3. The van der Waals surface area contributed by atoms with Crippen molar-refractivity contribution in [2.75, 3.05) is 19.6 Å². The average molecular weight is 394 g/mol. The van der Waals surface area contributed by atoms with Crippen molar-refractivity contribution in [2.24, 2.45) is 0 Å². The van der Waals surface area contributed by atoms with Gasteiger partial charge in [-0.15, -0.1) is 17.5 Å². The van der Waals surface area contributed by atoms with Gasteiger partial charge in [0.25, 0.3) is 0 Å². The molecule has 1 aliphatic heterocycles. The van der Waals surface area contributed by atoms with Crippen LogP contribution < -0.4 is 5.32 Å². The number of ether oxygens (including phenoxy) is 1. The lowest BCUT2D eigenvalue weighted by atomic mass is 10.1. The van der Waals surface area contributed by atoms with E-state index in [-0.39, 0.29) is 36.9 Å². The van der Waals surface area contributed by atoms with Crippen molar-refractivity contribution in [3.63, 3.8) is 0 Å². The number of rotatable bonds is 6. The van der Waals surface area contributed by atoms with Crippen LogP contribution in [-0.2, 0) is 17.9 Å². The van der Waals surface area contributed by atoms with Crippen molar-refractivity contribution in [3.05, 3.63) is 47.8 Å². The van der Waals surface area contributed by atoms with E-state index in [2.05, 4.69) is 15.6 Å². The molecule has 1 aromatic heterocycles. The zero-order valence-corrected chi connectivity index (χ0v) is 16.0. The molecule has 27 heavy (non-hydrogen) atoms. The van der Waals surface area contributed by atoms with E-state index in [1.807, 2.05) is 30.3 Å². The van der Waals surface area contributed by atoms with E-state index in [0.29, 0.717) is 25.3 Å². The Morgan fingerprint density at radius 1 is 1.30 bits per heavy atom. The van der Waals surface area contributed by atoms with E-state index < -0.39 is 0 Å². The van der Waals surface area contributed by atoms with Gasteiger partial charge >= 0.3 is 6.09 Å². The second-order valence-electron chi connectivity index (χ2n) is 6.35. The molecule has 146 valence electrons. The molecule has 1 saturated heterocycles. The summed E-state index contributed by atoms with van der Waals surface area (Å²) in [6.07, 6.45) is 2.14. The molecule has 1 amide bonds. The fourth-order valence-electron chi connectivity index (χ4n) is 2.85. The minimum absolute atomic E-state index is 0. The summed E-state index contributed by atoms with van der Waals surface area (Å²) in [6, 6.07) is 9.79. The number of hydrogen-bond acceptors (Lipinski definition) is 6. The Hall–Kier alpha value is -2.45. The number of benzene rings is 1. The van der Waals surface area contributed by atoms with Crippen LogP contribution in [0.5, 0.6) is 0 Å². The minimum atomic E-state index is -0.292. The summed E-state index contributed by atoms with van der Waals surface area (Å²) in [5.74, 6) is -0.0978. The van der Waals surface area contributed by atoms with Gasteiger partial charge < -0.3 is 15.0 Å². The Kier molecular flexibility index (Phi) is 7.75. The Morgan fingerprint density at radius 3 is 2.78 bits per heavy atom. The van der Waals surface area contributed by atoms with Gasteiger partial charge in [-0.2, -0.15) is 0 Å². The molecule has 1 aromatic carbocycles. The molecule has 0 spiro atoms. The lowest BCUT2D eigenvalue weighted by molar-refractivity contribution is 0.0837. The number of hydrogen-bond donors (Lipinski definition) is 1. The zero-order valence-electron chi connectivity index (χ0n) is 15.2. The van der Waals surface area contributed by atoms with Crippen LogP contribution >= 0.6 is 12.4 Å². The van der Waals surface area contributed by atoms with E-state index >= 15 is 0 Å². The number of Topliss-reactive ketones (excluding diaryl/α,β-unsaturated/α-hetero) is 1. The molecule has 9 heteroatoms. The molecule has 1 N–H and O–H groups in total. The normalized spacial score (nSPS) is 16.5. The third-order valence-corrected chi connectivity index (χ3v) is 4.32. The van der Waals surface area contributed by atoms with Gasteiger partial charge in [0.15, 0.2) is 5.78 Å². The van der Waals surface area contributed by atoms with Crippen LogP contribution in [-0.4, -0.2) is 57.4 Å². The first-order valence-corrected chi connectivity index (χ1v) is 8.72. The first-order chi connectivity index (χ1) is 12.6. The topological polar surface area (TPSA) is 89.4 Å². The van der Waals surface area contributed by atoms with Crippen LogP contribution in [0.3, 0.4) is 0 Å². The Morgan fingerprint density at radius 2 is 2.07 bits per heavy atom. The standard InChI is InChI=1S/C18H23N5O3.ClH/c1-14(24)17-12-23(21-20-17)9-7-16-11-22(10-8-19-16)18(25)26-13-15-5-3-2-4-6-15;/h2-6,12,16,19H,7-11,13H2,1H3;1H/t16-;/m1./s1. The number of ketones is 1. The number of aromatic nitrogens is 3. The monoisotopic (exact) mass is 393 g/mol. The molecular weight excluding hydrogens is 370 g/mol. The first-order valence-electron chi connectivity index (χ1n) is 8.72. The number of aryl methyl sites for hydroxylation is 1. The minimum Gasteiger partial charge on any atom is -0.445 e. The van der Waals surface area contributed by atoms with Crippen LogP contribution in [0.25, 0.3) is 0 Å². The van der Waals surface area contributed by atoms with Crippen molar-refractivity contribution in [2.45, 2.75) is 32.5 Å². The molecule has 0 aliphatic carbocycles. The molecule has 1 atom stereocenters. The molecule has 1 aliphatic rings. The highest BCUT2D eigenvalue weighted by Crippen LogP contribution is 2.08. The molecule has 0 saturated carbocycles. The Balaban J connectivity index is 0.00000261. The van der Waals surface area contributed by atoms with Gasteiger partial charge in [-0.25, -0.2) is 4.79 Å². The molecule has 0 unspecified atom stereocenters. The van der Waals surface area contributed by atoms with Crippen molar-refractivity contribution >= 4 is 24.3 Å². The maximum absolute atomic E-state index is 12.3. The molecular formula is C18H24ClN5O3. The molecule has 1 fully saturated rings. The number of nitrogens with zero attached hydrogens (tertiary/aromatic N) is 4. The largest absolute Gasteiger partial charge is 0.445 e. The smallest absolute Gasteiger partial charge is 0.410 e. The van der Waals surface area contributed by atoms with Crippen molar-refractivity contribution < 1.29 is 14.3 Å². The molecule has 8 nitrogen and oxygen atoms in total. The quantitative estimate of drug-likeness (QED) is 0.754. The molecule has 3 rings (SSSR count). The number of carbonyl (C=O) groups excluding carboxylic acids is 2. The number of carbonyl (C=O) groups is 2. The Labute approximate surface area is 164 Å². The summed E-state index contributed by atoms with van der Waals surface area (Å²) in [5, 5.41) is 11.2. The predicted octanol–water partition coefficient (Wildman–Crippen LogP) is 1.90. The lowest BCUT2D eigenvalue weighted by Crippen LogP contribution is -2.52. The fourth-order valence-corrected chi connectivity index (χ4v) is 2.85. The van der Waals surface area contributed by atoms with Crippen LogP contribution in [0.1, 0.15) is 29.4 Å². The first kappa shape index (κ1) is 20.9. The molecule has 2 aromatic rings.